The Hall–Kier alpha value is -2.24. The van der Waals surface area contributed by atoms with Gasteiger partial charge in [-0.25, -0.2) is 0 Å². The minimum absolute atomic E-state index is 0.0422. The van der Waals surface area contributed by atoms with Crippen molar-refractivity contribution >= 4 is 11.9 Å². The number of nitrogens with one attached hydrogen (secondary N) is 1. The molecular weight excluding hydrogens is 250 g/mol. The van der Waals surface area contributed by atoms with E-state index in [1.807, 2.05) is 0 Å². The molecule has 0 atom stereocenters. The Morgan fingerprint density at radius 1 is 1.32 bits per heavy atom. The molecule has 3 N–H and O–H groups in total. The number of carboxylic acid groups (broad SMARTS) is 1. The molecule has 0 aliphatic heterocycles. The number of para-hydroxylation sites is 1. The average Bonchev–Trinajstić information content (AvgIpc) is 2.38. The number of rotatable bonds is 7. The van der Waals surface area contributed by atoms with Gasteiger partial charge in [0.25, 0.3) is 0 Å². The summed E-state index contributed by atoms with van der Waals surface area (Å²) >= 11 is 0. The second-order valence-electron chi connectivity index (χ2n) is 3.96. The molecule has 0 radical (unpaired) electrons. The van der Waals surface area contributed by atoms with Crippen molar-refractivity contribution in [2.75, 3.05) is 13.7 Å². The number of carbonyl (C=O) groups is 2. The zero-order chi connectivity index (χ0) is 14.3. The van der Waals surface area contributed by atoms with Crippen LogP contribution in [0.3, 0.4) is 0 Å². The zero-order valence-corrected chi connectivity index (χ0v) is 10.7. The first-order chi connectivity index (χ1) is 9.04. The number of benzene rings is 1. The van der Waals surface area contributed by atoms with Crippen molar-refractivity contribution in [2.45, 2.75) is 19.3 Å². The largest absolute Gasteiger partial charge is 0.504 e. The molecule has 104 valence electrons. The average molecular weight is 267 g/mol. The molecule has 0 spiro atoms. The normalized spacial score (nSPS) is 9.95. The number of phenols is 1. The van der Waals surface area contributed by atoms with Gasteiger partial charge in [0.2, 0.25) is 5.91 Å². The third-order valence-electron chi connectivity index (χ3n) is 2.58. The maximum absolute atomic E-state index is 11.3. The van der Waals surface area contributed by atoms with Crippen molar-refractivity contribution in [2.24, 2.45) is 0 Å². The topological polar surface area (TPSA) is 95.9 Å². The summed E-state index contributed by atoms with van der Waals surface area (Å²) in [6.45, 7) is 0.333. The molecular formula is C13H17NO5. The maximum atomic E-state index is 11.3. The van der Waals surface area contributed by atoms with E-state index >= 15 is 0 Å². The monoisotopic (exact) mass is 267 g/mol. The maximum Gasteiger partial charge on any atom is 0.303 e. The lowest BCUT2D eigenvalue weighted by molar-refractivity contribution is -0.138. The molecule has 6 heteroatoms. The SMILES string of the molecule is COc1cccc(CCNC(=O)CCC(=O)O)c1O. The molecule has 0 bridgehead atoms. The van der Waals surface area contributed by atoms with Gasteiger partial charge in [-0.1, -0.05) is 12.1 Å². The Labute approximate surface area is 111 Å². The van der Waals surface area contributed by atoms with Crippen LogP contribution in [0.15, 0.2) is 18.2 Å². The Bertz CT molecular complexity index is 458. The van der Waals surface area contributed by atoms with Crippen molar-refractivity contribution in [3.8, 4) is 11.5 Å². The fraction of sp³-hybridized carbons (Fsp3) is 0.385. The fourth-order valence-corrected chi connectivity index (χ4v) is 1.58. The van der Waals surface area contributed by atoms with Crippen LogP contribution in [0.4, 0.5) is 0 Å². The molecule has 1 aromatic carbocycles. The van der Waals surface area contributed by atoms with Crippen molar-refractivity contribution in [1.29, 1.82) is 0 Å². The quantitative estimate of drug-likeness (QED) is 0.683. The van der Waals surface area contributed by atoms with Crippen LogP contribution in [-0.2, 0) is 16.0 Å². The lowest BCUT2D eigenvalue weighted by Gasteiger charge is -2.09. The lowest BCUT2D eigenvalue weighted by Crippen LogP contribution is -2.26. The molecule has 1 rings (SSSR count). The van der Waals surface area contributed by atoms with E-state index in [4.69, 9.17) is 9.84 Å². The van der Waals surface area contributed by atoms with Gasteiger partial charge in [0.05, 0.1) is 13.5 Å². The number of carbonyl (C=O) groups excluding carboxylic acids is 1. The summed E-state index contributed by atoms with van der Waals surface area (Å²) in [7, 11) is 1.46. The van der Waals surface area contributed by atoms with Gasteiger partial charge < -0.3 is 20.3 Å². The number of aromatic hydroxyl groups is 1. The molecule has 0 unspecified atom stereocenters. The number of ether oxygens (including phenoxy) is 1. The van der Waals surface area contributed by atoms with Gasteiger partial charge in [-0.2, -0.15) is 0 Å². The third-order valence-corrected chi connectivity index (χ3v) is 2.58. The molecule has 0 aliphatic carbocycles. The molecule has 0 saturated carbocycles. The lowest BCUT2D eigenvalue weighted by atomic mass is 10.1. The molecule has 0 aliphatic rings. The summed E-state index contributed by atoms with van der Waals surface area (Å²) in [5.41, 5.74) is 0.665. The van der Waals surface area contributed by atoms with Crippen molar-refractivity contribution in [3.63, 3.8) is 0 Å². The van der Waals surface area contributed by atoms with E-state index in [1.165, 1.54) is 7.11 Å². The first-order valence-electron chi connectivity index (χ1n) is 5.88. The van der Waals surface area contributed by atoms with Gasteiger partial charge in [0.1, 0.15) is 0 Å². The van der Waals surface area contributed by atoms with Crippen LogP contribution in [0.25, 0.3) is 0 Å². The van der Waals surface area contributed by atoms with E-state index in [9.17, 15) is 14.7 Å². The molecule has 0 heterocycles. The molecule has 0 fully saturated rings. The van der Waals surface area contributed by atoms with E-state index in [0.717, 1.165) is 0 Å². The summed E-state index contributed by atoms with van der Waals surface area (Å²) in [5.74, 6) is -0.870. The fourth-order valence-electron chi connectivity index (χ4n) is 1.58. The van der Waals surface area contributed by atoms with Crippen LogP contribution < -0.4 is 10.1 Å². The van der Waals surface area contributed by atoms with E-state index in [2.05, 4.69) is 5.32 Å². The highest BCUT2D eigenvalue weighted by molar-refractivity contribution is 5.80. The summed E-state index contributed by atoms with van der Waals surface area (Å²) in [5, 5.41) is 20.8. The molecule has 1 amide bonds. The summed E-state index contributed by atoms with van der Waals surface area (Å²) < 4.78 is 4.98. The Balaban J connectivity index is 2.41. The summed E-state index contributed by atoms with van der Waals surface area (Å²) in [4.78, 5) is 21.6. The number of methoxy groups -OCH3 is 1. The molecule has 0 saturated heterocycles. The van der Waals surface area contributed by atoms with E-state index in [-0.39, 0.29) is 24.5 Å². The smallest absolute Gasteiger partial charge is 0.303 e. The number of aliphatic carboxylic acids is 1. The van der Waals surface area contributed by atoms with Crippen LogP contribution >= 0.6 is 0 Å². The minimum Gasteiger partial charge on any atom is -0.504 e. The van der Waals surface area contributed by atoms with Gasteiger partial charge in [-0.3, -0.25) is 9.59 Å². The minimum atomic E-state index is -0.999. The van der Waals surface area contributed by atoms with Crippen LogP contribution in [-0.4, -0.2) is 35.7 Å². The van der Waals surface area contributed by atoms with Crippen molar-refractivity contribution in [3.05, 3.63) is 23.8 Å². The predicted molar refractivity (Wildman–Crippen MR) is 68.2 cm³/mol. The van der Waals surface area contributed by atoms with E-state index in [0.29, 0.717) is 24.3 Å². The number of hydrogen-bond acceptors (Lipinski definition) is 4. The number of carboxylic acids is 1. The standard InChI is InChI=1S/C13H17NO5/c1-19-10-4-2-3-9(13(10)18)7-8-14-11(15)5-6-12(16)17/h2-4,18H,5-8H2,1H3,(H,14,15)(H,16,17). The second kappa shape index (κ2) is 7.25. The predicted octanol–water partition coefficient (Wildman–Crippen LogP) is 0.924. The van der Waals surface area contributed by atoms with Crippen LogP contribution in [0.1, 0.15) is 18.4 Å². The van der Waals surface area contributed by atoms with Crippen LogP contribution in [0.2, 0.25) is 0 Å². The number of amides is 1. The Morgan fingerprint density at radius 3 is 2.68 bits per heavy atom. The van der Waals surface area contributed by atoms with Gasteiger partial charge in [0.15, 0.2) is 11.5 Å². The molecule has 6 nitrogen and oxygen atoms in total. The highest BCUT2D eigenvalue weighted by Gasteiger charge is 2.08. The van der Waals surface area contributed by atoms with Crippen molar-refractivity contribution in [1.82, 2.24) is 5.32 Å². The van der Waals surface area contributed by atoms with Crippen LogP contribution in [0.5, 0.6) is 11.5 Å². The van der Waals surface area contributed by atoms with Gasteiger partial charge in [0, 0.05) is 13.0 Å². The Morgan fingerprint density at radius 2 is 2.05 bits per heavy atom. The number of hydrogen-bond donors (Lipinski definition) is 3. The van der Waals surface area contributed by atoms with Crippen molar-refractivity contribution < 1.29 is 24.5 Å². The second-order valence-corrected chi connectivity index (χ2v) is 3.96. The molecule has 0 aromatic heterocycles. The van der Waals surface area contributed by atoms with Gasteiger partial charge in [-0.05, 0) is 18.1 Å². The van der Waals surface area contributed by atoms with E-state index < -0.39 is 5.97 Å². The Kier molecular flexibility index (Phi) is 5.66. The highest BCUT2D eigenvalue weighted by atomic mass is 16.5. The highest BCUT2D eigenvalue weighted by Crippen LogP contribution is 2.29. The first kappa shape index (κ1) is 14.8. The zero-order valence-electron chi connectivity index (χ0n) is 10.7. The van der Waals surface area contributed by atoms with Gasteiger partial charge in [-0.15, -0.1) is 0 Å². The third kappa shape index (κ3) is 4.87. The van der Waals surface area contributed by atoms with Gasteiger partial charge >= 0.3 is 5.97 Å². The van der Waals surface area contributed by atoms with Crippen LogP contribution in [0, 0.1) is 0 Å². The first-order valence-corrected chi connectivity index (χ1v) is 5.88. The molecule has 1 aromatic rings. The summed E-state index contributed by atoms with van der Waals surface area (Å²) in [6.07, 6.45) is 0.220. The summed E-state index contributed by atoms with van der Waals surface area (Å²) in [6, 6.07) is 5.13. The molecule has 19 heavy (non-hydrogen) atoms. The number of phenolic OH excluding ortho intramolecular Hbond substituents is 1. The van der Waals surface area contributed by atoms with E-state index in [1.54, 1.807) is 18.2 Å².